The van der Waals surface area contributed by atoms with Gasteiger partial charge in [-0.15, -0.1) is 0 Å². The normalized spacial score (nSPS) is 13.4. The maximum atomic E-state index is 12.8. The molecule has 0 saturated heterocycles. The molecule has 0 aromatic carbocycles. The SMILES string of the molecule is CCCC[C@H](NC(=O)CC)C(=O)N[C@@H](CCCC)C(=O)N[C@H](C=O)CCCN=C(N)N. The lowest BCUT2D eigenvalue weighted by Crippen LogP contribution is -2.55. The Labute approximate surface area is 185 Å². The number of amides is 3. The number of nitrogens with zero attached hydrogens (tertiary/aromatic N) is 1. The predicted molar refractivity (Wildman–Crippen MR) is 121 cm³/mol. The van der Waals surface area contributed by atoms with Crippen LogP contribution in [0.25, 0.3) is 0 Å². The highest BCUT2D eigenvalue weighted by Crippen LogP contribution is 2.06. The summed E-state index contributed by atoms with van der Waals surface area (Å²) in [7, 11) is 0. The van der Waals surface area contributed by atoms with Crippen LogP contribution in [0.4, 0.5) is 0 Å². The van der Waals surface area contributed by atoms with E-state index in [0.717, 1.165) is 25.7 Å². The molecule has 0 aromatic heterocycles. The number of aliphatic imine (C=N–C) groups is 1. The Morgan fingerprint density at radius 2 is 1.39 bits per heavy atom. The van der Waals surface area contributed by atoms with Gasteiger partial charge >= 0.3 is 0 Å². The lowest BCUT2D eigenvalue weighted by Gasteiger charge is -2.24. The van der Waals surface area contributed by atoms with Crippen molar-refractivity contribution < 1.29 is 19.2 Å². The summed E-state index contributed by atoms with van der Waals surface area (Å²) in [4.78, 5) is 52.6. The maximum Gasteiger partial charge on any atom is 0.243 e. The Morgan fingerprint density at radius 3 is 1.87 bits per heavy atom. The van der Waals surface area contributed by atoms with E-state index in [1.807, 2.05) is 13.8 Å². The first-order chi connectivity index (χ1) is 14.8. The molecule has 3 atom stereocenters. The molecule has 31 heavy (non-hydrogen) atoms. The number of rotatable bonds is 17. The molecule has 0 spiro atoms. The third-order valence-corrected chi connectivity index (χ3v) is 4.76. The molecule has 0 fully saturated rings. The van der Waals surface area contributed by atoms with E-state index in [0.29, 0.717) is 38.5 Å². The highest BCUT2D eigenvalue weighted by molar-refractivity contribution is 5.92. The molecule has 0 rings (SSSR count). The summed E-state index contributed by atoms with van der Waals surface area (Å²) in [6, 6.07) is -2.17. The van der Waals surface area contributed by atoms with Crippen molar-refractivity contribution in [2.75, 3.05) is 6.54 Å². The van der Waals surface area contributed by atoms with Crippen LogP contribution in [0.15, 0.2) is 4.99 Å². The Morgan fingerprint density at radius 1 is 0.839 bits per heavy atom. The van der Waals surface area contributed by atoms with Crippen LogP contribution in [0.5, 0.6) is 0 Å². The molecule has 7 N–H and O–H groups in total. The van der Waals surface area contributed by atoms with Gasteiger partial charge in [0.25, 0.3) is 0 Å². The molecular weight excluding hydrogens is 400 g/mol. The largest absolute Gasteiger partial charge is 0.370 e. The number of unbranched alkanes of at least 4 members (excludes halogenated alkanes) is 2. The van der Waals surface area contributed by atoms with Crippen LogP contribution in [-0.4, -0.2) is 54.6 Å². The van der Waals surface area contributed by atoms with Gasteiger partial charge in [0.05, 0.1) is 6.04 Å². The third-order valence-electron chi connectivity index (χ3n) is 4.76. The van der Waals surface area contributed by atoms with E-state index in [2.05, 4.69) is 20.9 Å². The monoisotopic (exact) mass is 440 g/mol. The van der Waals surface area contributed by atoms with E-state index in [9.17, 15) is 19.2 Å². The molecule has 178 valence electrons. The van der Waals surface area contributed by atoms with E-state index in [4.69, 9.17) is 11.5 Å². The van der Waals surface area contributed by atoms with Gasteiger partial charge < -0.3 is 32.2 Å². The van der Waals surface area contributed by atoms with Crippen molar-refractivity contribution in [2.45, 2.75) is 96.7 Å². The van der Waals surface area contributed by atoms with Crippen LogP contribution in [0.1, 0.15) is 78.6 Å². The standard InChI is InChI=1S/C21H40N6O4/c1-4-7-11-16(26-18(29)6-3)20(31)27-17(12-8-5-2)19(30)25-15(14-28)10-9-13-24-21(22)23/h14-17H,4-13H2,1-3H3,(H,25,30)(H,26,29)(H,27,31)(H4,22,23,24)/t15-,16-,17-/m0/s1. The summed E-state index contributed by atoms with van der Waals surface area (Å²) in [6.45, 7) is 6.06. The smallest absolute Gasteiger partial charge is 0.243 e. The van der Waals surface area contributed by atoms with E-state index in [1.165, 1.54) is 0 Å². The van der Waals surface area contributed by atoms with Crippen LogP contribution < -0.4 is 27.4 Å². The summed E-state index contributed by atoms with van der Waals surface area (Å²) in [5.41, 5.74) is 10.5. The zero-order valence-electron chi connectivity index (χ0n) is 19.1. The summed E-state index contributed by atoms with van der Waals surface area (Å²) in [5, 5.41) is 8.17. The van der Waals surface area contributed by atoms with E-state index in [-0.39, 0.29) is 24.2 Å². The lowest BCUT2D eigenvalue weighted by molar-refractivity contribution is -0.133. The average molecular weight is 441 g/mol. The molecular formula is C21H40N6O4. The quantitative estimate of drug-likeness (QED) is 0.0953. The summed E-state index contributed by atoms with van der Waals surface area (Å²) >= 11 is 0. The highest BCUT2D eigenvalue weighted by Gasteiger charge is 2.27. The van der Waals surface area contributed by atoms with Crippen molar-refractivity contribution in [2.24, 2.45) is 16.5 Å². The van der Waals surface area contributed by atoms with Crippen LogP contribution in [-0.2, 0) is 19.2 Å². The van der Waals surface area contributed by atoms with Gasteiger partial charge in [-0.2, -0.15) is 0 Å². The molecule has 0 bridgehead atoms. The third kappa shape index (κ3) is 13.3. The van der Waals surface area contributed by atoms with Gasteiger partial charge in [0.15, 0.2) is 5.96 Å². The molecule has 10 nitrogen and oxygen atoms in total. The fraction of sp³-hybridized carbons (Fsp3) is 0.762. The Balaban J connectivity index is 5.07. The van der Waals surface area contributed by atoms with E-state index in [1.54, 1.807) is 6.92 Å². The van der Waals surface area contributed by atoms with Gasteiger partial charge in [0.2, 0.25) is 17.7 Å². The molecule has 0 unspecified atom stereocenters. The number of carbonyl (C=O) groups is 4. The van der Waals surface area contributed by atoms with Crippen molar-refractivity contribution in [1.82, 2.24) is 16.0 Å². The number of guanidine groups is 1. The van der Waals surface area contributed by atoms with Gasteiger partial charge in [-0.05, 0) is 25.7 Å². The first-order valence-electron chi connectivity index (χ1n) is 11.2. The van der Waals surface area contributed by atoms with Crippen LogP contribution in [0.3, 0.4) is 0 Å². The highest BCUT2D eigenvalue weighted by atomic mass is 16.2. The zero-order valence-corrected chi connectivity index (χ0v) is 19.1. The fourth-order valence-corrected chi connectivity index (χ4v) is 2.90. The number of aldehydes is 1. The van der Waals surface area contributed by atoms with E-state index >= 15 is 0 Å². The fourth-order valence-electron chi connectivity index (χ4n) is 2.90. The Kier molecular flexibility index (Phi) is 15.6. The van der Waals surface area contributed by atoms with Gasteiger partial charge in [0, 0.05) is 13.0 Å². The van der Waals surface area contributed by atoms with Crippen molar-refractivity contribution in [3.05, 3.63) is 0 Å². The molecule has 3 amide bonds. The second kappa shape index (κ2) is 17.1. The predicted octanol–water partition coefficient (Wildman–Crippen LogP) is 0.484. The van der Waals surface area contributed by atoms with Crippen LogP contribution in [0.2, 0.25) is 0 Å². The molecule has 0 heterocycles. The summed E-state index contributed by atoms with van der Waals surface area (Å²) in [5.74, 6) is -1.05. The zero-order chi connectivity index (χ0) is 23.6. The Bertz CT molecular complexity index is 592. The molecule has 10 heteroatoms. The van der Waals surface area contributed by atoms with Gasteiger partial charge in [-0.25, -0.2) is 0 Å². The van der Waals surface area contributed by atoms with Crippen molar-refractivity contribution in [1.29, 1.82) is 0 Å². The minimum atomic E-state index is -0.782. The molecule has 0 radical (unpaired) electrons. The van der Waals surface area contributed by atoms with Gasteiger partial charge in [-0.3, -0.25) is 19.4 Å². The lowest BCUT2D eigenvalue weighted by atomic mass is 10.0. The number of hydrogen-bond donors (Lipinski definition) is 5. The average Bonchev–Trinajstić information content (AvgIpc) is 2.75. The van der Waals surface area contributed by atoms with Crippen LogP contribution >= 0.6 is 0 Å². The number of nitrogens with one attached hydrogen (secondary N) is 3. The maximum absolute atomic E-state index is 12.8. The number of nitrogens with two attached hydrogens (primary N) is 2. The second-order valence-electron chi connectivity index (χ2n) is 7.52. The van der Waals surface area contributed by atoms with E-state index < -0.39 is 24.0 Å². The number of carbonyl (C=O) groups excluding carboxylic acids is 4. The topological polar surface area (TPSA) is 169 Å². The van der Waals surface area contributed by atoms with Gasteiger partial charge in [0.1, 0.15) is 18.4 Å². The van der Waals surface area contributed by atoms with Crippen molar-refractivity contribution in [3.8, 4) is 0 Å². The second-order valence-corrected chi connectivity index (χ2v) is 7.52. The minimum Gasteiger partial charge on any atom is -0.370 e. The first kappa shape index (κ1) is 28.4. The Hall–Kier alpha value is -2.65. The summed E-state index contributed by atoms with van der Waals surface area (Å²) < 4.78 is 0. The van der Waals surface area contributed by atoms with Crippen LogP contribution in [0, 0.1) is 0 Å². The molecule has 0 aromatic rings. The molecule has 0 aliphatic heterocycles. The number of hydrogen-bond acceptors (Lipinski definition) is 5. The molecule has 0 aliphatic carbocycles. The van der Waals surface area contributed by atoms with Crippen molar-refractivity contribution in [3.63, 3.8) is 0 Å². The minimum absolute atomic E-state index is 0.0261. The first-order valence-corrected chi connectivity index (χ1v) is 11.2. The molecule has 0 saturated carbocycles. The van der Waals surface area contributed by atoms with Gasteiger partial charge in [-0.1, -0.05) is 46.5 Å². The van der Waals surface area contributed by atoms with Crippen molar-refractivity contribution >= 4 is 30.0 Å². The molecule has 0 aliphatic rings. The summed E-state index contributed by atoms with van der Waals surface area (Å²) in [6.07, 6.45) is 6.02.